The van der Waals surface area contributed by atoms with Crippen LogP contribution in [-0.4, -0.2) is 18.1 Å². The van der Waals surface area contributed by atoms with Gasteiger partial charge in [-0.2, -0.15) is 0 Å². The summed E-state index contributed by atoms with van der Waals surface area (Å²) >= 11 is 0. The largest absolute Gasteiger partial charge is 0.465 e. The molecule has 0 bridgehead atoms. The summed E-state index contributed by atoms with van der Waals surface area (Å²) in [6, 6.07) is 0. The number of hydrogen-bond acceptors (Lipinski definition) is 3. The number of nitrogens with two attached hydrogens (primary N) is 1. The van der Waals surface area contributed by atoms with Crippen LogP contribution in [0, 0.1) is 22.7 Å². The highest BCUT2D eigenvalue weighted by molar-refractivity contribution is 5.71. The standard InChI is InChI=1S/C17H29NO2/c1-4-16-7-5-6-12(2)17(16,18)9-8-15(3)11-20-14(19)10-13(15)16/h12-13H,4-11,18H2,1-3H3. The summed E-state index contributed by atoms with van der Waals surface area (Å²) in [5.41, 5.74) is 7.21. The first kappa shape index (κ1) is 14.4. The van der Waals surface area contributed by atoms with Crippen LogP contribution >= 0.6 is 0 Å². The molecule has 0 radical (unpaired) electrons. The molecule has 0 aromatic heterocycles. The van der Waals surface area contributed by atoms with Crippen molar-refractivity contribution in [2.24, 2.45) is 28.4 Å². The van der Waals surface area contributed by atoms with E-state index in [0.717, 1.165) is 19.3 Å². The van der Waals surface area contributed by atoms with Crippen LogP contribution in [0.25, 0.3) is 0 Å². The van der Waals surface area contributed by atoms with Gasteiger partial charge >= 0.3 is 5.97 Å². The van der Waals surface area contributed by atoms with E-state index in [1.165, 1.54) is 19.3 Å². The molecule has 3 rings (SSSR count). The lowest BCUT2D eigenvalue weighted by molar-refractivity contribution is -0.194. The first-order valence-corrected chi connectivity index (χ1v) is 8.32. The van der Waals surface area contributed by atoms with Gasteiger partial charge in [0.05, 0.1) is 6.61 Å². The maximum atomic E-state index is 11.9. The van der Waals surface area contributed by atoms with Crippen LogP contribution in [0.15, 0.2) is 0 Å². The zero-order chi connectivity index (χ0) is 14.6. The van der Waals surface area contributed by atoms with Crippen molar-refractivity contribution in [3.8, 4) is 0 Å². The van der Waals surface area contributed by atoms with Gasteiger partial charge in [-0.1, -0.05) is 27.2 Å². The maximum Gasteiger partial charge on any atom is 0.306 e. The number of fused-ring (bicyclic) bond motifs is 3. The molecule has 0 amide bonds. The van der Waals surface area contributed by atoms with Gasteiger partial charge in [0, 0.05) is 17.4 Å². The Morgan fingerprint density at radius 2 is 2.10 bits per heavy atom. The summed E-state index contributed by atoms with van der Waals surface area (Å²) in [6.45, 7) is 7.53. The predicted molar refractivity (Wildman–Crippen MR) is 79.1 cm³/mol. The van der Waals surface area contributed by atoms with Crippen LogP contribution in [0.3, 0.4) is 0 Å². The molecule has 5 unspecified atom stereocenters. The first-order valence-electron chi connectivity index (χ1n) is 8.32. The zero-order valence-electron chi connectivity index (χ0n) is 13.2. The van der Waals surface area contributed by atoms with Crippen LogP contribution in [0.2, 0.25) is 0 Å². The van der Waals surface area contributed by atoms with Gasteiger partial charge in [-0.3, -0.25) is 4.79 Å². The Morgan fingerprint density at radius 3 is 2.80 bits per heavy atom. The second kappa shape index (κ2) is 4.46. The van der Waals surface area contributed by atoms with Crippen molar-refractivity contribution in [3.05, 3.63) is 0 Å². The molecule has 3 heteroatoms. The van der Waals surface area contributed by atoms with E-state index >= 15 is 0 Å². The van der Waals surface area contributed by atoms with E-state index in [0.29, 0.717) is 24.9 Å². The summed E-state index contributed by atoms with van der Waals surface area (Å²) in [4.78, 5) is 11.9. The third-order valence-electron chi connectivity index (χ3n) is 7.25. The Labute approximate surface area is 122 Å². The minimum Gasteiger partial charge on any atom is -0.465 e. The smallest absolute Gasteiger partial charge is 0.306 e. The van der Waals surface area contributed by atoms with Crippen LogP contribution in [0.4, 0.5) is 0 Å². The van der Waals surface area contributed by atoms with E-state index < -0.39 is 0 Å². The van der Waals surface area contributed by atoms with Crippen molar-refractivity contribution in [1.82, 2.24) is 0 Å². The van der Waals surface area contributed by atoms with Gasteiger partial charge in [0.15, 0.2) is 0 Å². The fourth-order valence-corrected chi connectivity index (χ4v) is 5.87. The van der Waals surface area contributed by atoms with Crippen molar-refractivity contribution >= 4 is 5.97 Å². The second-order valence-corrected chi connectivity index (χ2v) is 7.91. The highest BCUT2D eigenvalue weighted by Crippen LogP contribution is 2.65. The van der Waals surface area contributed by atoms with Gasteiger partial charge in [-0.15, -0.1) is 0 Å². The van der Waals surface area contributed by atoms with Crippen LogP contribution < -0.4 is 5.73 Å². The number of carbonyl (C=O) groups excluding carboxylic acids is 1. The Bertz CT molecular complexity index is 423. The molecule has 0 aromatic rings. The quantitative estimate of drug-likeness (QED) is 0.750. The highest BCUT2D eigenvalue weighted by atomic mass is 16.5. The van der Waals surface area contributed by atoms with Gasteiger partial charge < -0.3 is 10.5 Å². The van der Waals surface area contributed by atoms with E-state index in [9.17, 15) is 4.79 Å². The molecule has 1 heterocycles. The Kier molecular flexibility index (Phi) is 3.20. The fourth-order valence-electron chi connectivity index (χ4n) is 5.87. The van der Waals surface area contributed by atoms with Crippen molar-refractivity contribution in [3.63, 3.8) is 0 Å². The number of rotatable bonds is 1. The molecule has 3 nitrogen and oxygen atoms in total. The minimum atomic E-state index is -0.0816. The number of carbonyl (C=O) groups is 1. The van der Waals surface area contributed by atoms with E-state index in [-0.39, 0.29) is 22.3 Å². The molecule has 1 aliphatic heterocycles. The summed E-state index contributed by atoms with van der Waals surface area (Å²) < 4.78 is 5.40. The minimum absolute atomic E-state index is 0.0113. The number of hydrogen-bond donors (Lipinski definition) is 1. The average molecular weight is 279 g/mol. The average Bonchev–Trinajstić information content (AvgIpc) is 2.43. The van der Waals surface area contributed by atoms with Gasteiger partial charge in [0.25, 0.3) is 0 Å². The van der Waals surface area contributed by atoms with Gasteiger partial charge in [0.1, 0.15) is 0 Å². The van der Waals surface area contributed by atoms with Crippen molar-refractivity contribution in [2.45, 2.75) is 71.3 Å². The molecule has 114 valence electrons. The molecule has 1 saturated heterocycles. The van der Waals surface area contributed by atoms with Crippen molar-refractivity contribution in [2.75, 3.05) is 6.61 Å². The number of ether oxygens (including phenoxy) is 1. The summed E-state index contributed by atoms with van der Waals surface area (Å²) in [5, 5.41) is 0. The monoisotopic (exact) mass is 279 g/mol. The van der Waals surface area contributed by atoms with Crippen LogP contribution in [0.1, 0.15) is 65.7 Å². The normalized spacial score (nSPS) is 51.9. The van der Waals surface area contributed by atoms with E-state index in [2.05, 4.69) is 20.8 Å². The molecule has 20 heavy (non-hydrogen) atoms. The molecular formula is C17H29NO2. The fraction of sp³-hybridized carbons (Fsp3) is 0.941. The van der Waals surface area contributed by atoms with E-state index in [4.69, 9.17) is 10.5 Å². The molecule has 3 fully saturated rings. The highest BCUT2D eigenvalue weighted by Gasteiger charge is 2.64. The van der Waals surface area contributed by atoms with E-state index in [1.54, 1.807) is 0 Å². The Hall–Kier alpha value is -0.570. The lowest BCUT2D eigenvalue weighted by Crippen LogP contribution is -2.70. The molecule has 5 atom stereocenters. The van der Waals surface area contributed by atoms with Gasteiger partial charge in [-0.05, 0) is 49.4 Å². The lowest BCUT2D eigenvalue weighted by atomic mass is 9.41. The Balaban J connectivity index is 2.07. The molecule has 0 aromatic carbocycles. The Morgan fingerprint density at radius 1 is 1.35 bits per heavy atom. The zero-order valence-corrected chi connectivity index (χ0v) is 13.2. The van der Waals surface area contributed by atoms with E-state index in [1.807, 2.05) is 0 Å². The predicted octanol–water partition coefficient (Wildman–Crippen LogP) is 3.26. The van der Waals surface area contributed by atoms with Crippen LogP contribution in [0.5, 0.6) is 0 Å². The van der Waals surface area contributed by atoms with Gasteiger partial charge in [-0.25, -0.2) is 0 Å². The SMILES string of the molecule is CCC12CCCC(C)C1(N)CCC1(C)COC(=O)CC12. The number of esters is 1. The van der Waals surface area contributed by atoms with Crippen molar-refractivity contribution in [1.29, 1.82) is 0 Å². The summed E-state index contributed by atoms with van der Waals surface area (Å²) in [6.07, 6.45) is 7.57. The second-order valence-electron chi connectivity index (χ2n) is 7.91. The summed E-state index contributed by atoms with van der Waals surface area (Å²) in [7, 11) is 0. The molecule has 0 spiro atoms. The molecular weight excluding hydrogens is 250 g/mol. The number of cyclic esters (lactones) is 1. The molecule has 3 aliphatic rings. The third-order valence-corrected chi connectivity index (χ3v) is 7.25. The lowest BCUT2D eigenvalue weighted by Gasteiger charge is -2.66. The maximum absolute atomic E-state index is 11.9. The summed E-state index contributed by atoms with van der Waals surface area (Å²) in [5.74, 6) is 0.962. The molecule has 2 N–H and O–H groups in total. The first-order chi connectivity index (χ1) is 9.38. The van der Waals surface area contributed by atoms with Crippen molar-refractivity contribution < 1.29 is 9.53 Å². The topological polar surface area (TPSA) is 52.3 Å². The molecule has 2 aliphatic carbocycles. The molecule has 2 saturated carbocycles. The third kappa shape index (κ3) is 1.65. The van der Waals surface area contributed by atoms with Crippen LogP contribution in [-0.2, 0) is 9.53 Å². The van der Waals surface area contributed by atoms with Gasteiger partial charge in [0.2, 0.25) is 0 Å².